The quantitative estimate of drug-likeness (QED) is 0.590. The molecule has 4 heterocycles. The Kier molecular flexibility index (Phi) is 3.18. The lowest BCUT2D eigenvalue weighted by atomic mass is 10.1. The Bertz CT molecular complexity index is 1080. The second-order valence-electron chi connectivity index (χ2n) is 6.47. The standard InChI is InChI=1S/C19H18N6/c20-18-17-15(13-7-12-3-1-2-4-16(12)22-8-13)10-25(14-5-6-21-9-14)19(17)24-11-23-18/h1-4,7-8,10-11,14,21H,5-6,9H2,(H2,20,23,24)/t14-/m0/s1. The van der Waals surface area contributed by atoms with E-state index in [1.807, 2.05) is 24.4 Å². The van der Waals surface area contributed by atoms with Crippen LogP contribution < -0.4 is 11.1 Å². The molecule has 5 rings (SSSR count). The van der Waals surface area contributed by atoms with Crippen molar-refractivity contribution < 1.29 is 0 Å². The molecule has 0 bridgehead atoms. The molecule has 25 heavy (non-hydrogen) atoms. The van der Waals surface area contributed by atoms with Gasteiger partial charge in [0.25, 0.3) is 0 Å². The van der Waals surface area contributed by atoms with Gasteiger partial charge in [0.15, 0.2) is 0 Å². The second kappa shape index (κ2) is 5.53. The van der Waals surface area contributed by atoms with Gasteiger partial charge in [0.05, 0.1) is 10.9 Å². The summed E-state index contributed by atoms with van der Waals surface area (Å²) in [6.45, 7) is 1.97. The molecule has 1 fully saturated rings. The van der Waals surface area contributed by atoms with Crippen molar-refractivity contribution in [3.8, 4) is 11.1 Å². The average Bonchev–Trinajstić information content (AvgIpc) is 3.29. The first-order valence-corrected chi connectivity index (χ1v) is 8.48. The molecular formula is C19H18N6. The SMILES string of the molecule is Nc1ncnc2c1c(-c1cnc3ccccc3c1)cn2[C@H]1CCNC1. The molecule has 0 saturated carbocycles. The maximum atomic E-state index is 6.22. The third-order valence-electron chi connectivity index (χ3n) is 4.97. The maximum absolute atomic E-state index is 6.22. The van der Waals surface area contributed by atoms with E-state index in [-0.39, 0.29) is 0 Å². The molecule has 1 atom stereocenters. The van der Waals surface area contributed by atoms with Gasteiger partial charge in [-0.05, 0) is 25.1 Å². The molecule has 0 unspecified atom stereocenters. The zero-order valence-electron chi connectivity index (χ0n) is 13.7. The van der Waals surface area contributed by atoms with Crippen molar-refractivity contribution >= 4 is 27.8 Å². The lowest BCUT2D eigenvalue weighted by Crippen LogP contribution is -2.13. The fraction of sp³-hybridized carbons (Fsp3) is 0.211. The number of rotatable bonds is 2. The number of hydrogen-bond acceptors (Lipinski definition) is 5. The van der Waals surface area contributed by atoms with Gasteiger partial charge in [-0.2, -0.15) is 0 Å². The Morgan fingerprint density at radius 1 is 1.16 bits per heavy atom. The van der Waals surface area contributed by atoms with Gasteiger partial charge in [-0.1, -0.05) is 18.2 Å². The Labute approximate surface area is 144 Å². The van der Waals surface area contributed by atoms with Crippen LogP contribution in [0.2, 0.25) is 0 Å². The fourth-order valence-electron chi connectivity index (χ4n) is 3.70. The summed E-state index contributed by atoms with van der Waals surface area (Å²) in [6.07, 6.45) is 6.68. The number of nitrogen functional groups attached to an aromatic ring is 1. The fourth-order valence-corrected chi connectivity index (χ4v) is 3.70. The van der Waals surface area contributed by atoms with E-state index in [9.17, 15) is 0 Å². The highest BCUT2D eigenvalue weighted by atomic mass is 15.1. The first-order valence-electron chi connectivity index (χ1n) is 8.48. The molecule has 6 nitrogen and oxygen atoms in total. The van der Waals surface area contributed by atoms with Gasteiger partial charge in [-0.15, -0.1) is 0 Å². The first-order chi connectivity index (χ1) is 12.3. The molecular weight excluding hydrogens is 312 g/mol. The lowest BCUT2D eigenvalue weighted by Gasteiger charge is -2.11. The van der Waals surface area contributed by atoms with Crippen LogP contribution in [0.15, 0.2) is 49.1 Å². The first kappa shape index (κ1) is 14.4. The summed E-state index contributed by atoms with van der Waals surface area (Å²) in [5.74, 6) is 0.512. The highest BCUT2D eigenvalue weighted by Crippen LogP contribution is 2.35. The number of para-hydroxylation sites is 1. The lowest BCUT2D eigenvalue weighted by molar-refractivity contribution is 0.562. The molecule has 1 aliphatic heterocycles. The van der Waals surface area contributed by atoms with Crippen molar-refractivity contribution in [1.82, 2.24) is 24.8 Å². The van der Waals surface area contributed by atoms with E-state index in [4.69, 9.17) is 5.73 Å². The Morgan fingerprint density at radius 3 is 2.96 bits per heavy atom. The second-order valence-corrected chi connectivity index (χ2v) is 6.47. The monoisotopic (exact) mass is 330 g/mol. The molecule has 0 aliphatic carbocycles. The predicted octanol–water partition coefficient (Wildman–Crippen LogP) is 2.76. The number of fused-ring (bicyclic) bond motifs is 2. The smallest absolute Gasteiger partial charge is 0.146 e. The van der Waals surface area contributed by atoms with Crippen molar-refractivity contribution in [2.75, 3.05) is 18.8 Å². The highest BCUT2D eigenvalue weighted by Gasteiger charge is 2.22. The predicted molar refractivity (Wildman–Crippen MR) is 99.2 cm³/mol. The topological polar surface area (TPSA) is 81.7 Å². The molecule has 1 aromatic carbocycles. The minimum atomic E-state index is 0.388. The van der Waals surface area contributed by atoms with Crippen molar-refractivity contribution in [2.24, 2.45) is 0 Å². The van der Waals surface area contributed by atoms with Crippen LogP contribution >= 0.6 is 0 Å². The third-order valence-corrected chi connectivity index (χ3v) is 4.97. The van der Waals surface area contributed by atoms with Crippen LogP contribution in [0.3, 0.4) is 0 Å². The number of aromatic nitrogens is 4. The van der Waals surface area contributed by atoms with E-state index in [0.29, 0.717) is 11.9 Å². The van der Waals surface area contributed by atoms with Crippen LogP contribution in [0.5, 0.6) is 0 Å². The molecule has 0 radical (unpaired) electrons. The van der Waals surface area contributed by atoms with Crippen LogP contribution in [0, 0.1) is 0 Å². The third kappa shape index (κ3) is 2.26. The van der Waals surface area contributed by atoms with Crippen molar-refractivity contribution in [2.45, 2.75) is 12.5 Å². The maximum Gasteiger partial charge on any atom is 0.146 e. The van der Waals surface area contributed by atoms with Gasteiger partial charge in [-0.3, -0.25) is 4.98 Å². The zero-order valence-corrected chi connectivity index (χ0v) is 13.7. The van der Waals surface area contributed by atoms with Crippen LogP contribution in [-0.2, 0) is 0 Å². The Morgan fingerprint density at radius 2 is 2.08 bits per heavy atom. The molecule has 6 heteroatoms. The number of nitrogens with two attached hydrogens (primary N) is 1. The summed E-state index contributed by atoms with van der Waals surface area (Å²) in [4.78, 5) is 13.3. The highest BCUT2D eigenvalue weighted by molar-refractivity contribution is 6.01. The molecule has 0 amide bonds. The molecule has 1 saturated heterocycles. The zero-order chi connectivity index (χ0) is 16.8. The summed E-state index contributed by atoms with van der Waals surface area (Å²) < 4.78 is 2.23. The van der Waals surface area contributed by atoms with Crippen molar-refractivity contribution in [1.29, 1.82) is 0 Å². The molecule has 124 valence electrons. The Hall–Kier alpha value is -2.99. The minimum Gasteiger partial charge on any atom is -0.383 e. The van der Waals surface area contributed by atoms with E-state index in [1.54, 1.807) is 6.33 Å². The number of nitrogens with one attached hydrogen (secondary N) is 1. The van der Waals surface area contributed by atoms with Gasteiger partial charge in [0.1, 0.15) is 17.8 Å². The van der Waals surface area contributed by atoms with Crippen LogP contribution in [-0.4, -0.2) is 32.6 Å². The van der Waals surface area contributed by atoms with Gasteiger partial charge in [0.2, 0.25) is 0 Å². The van der Waals surface area contributed by atoms with Gasteiger partial charge >= 0.3 is 0 Å². The van der Waals surface area contributed by atoms with E-state index in [1.165, 1.54) is 0 Å². The summed E-state index contributed by atoms with van der Waals surface area (Å²) >= 11 is 0. The molecule has 4 aromatic rings. The van der Waals surface area contributed by atoms with Crippen LogP contribution in [0.4, 0.5) is 5.82 Å². The average molecular weight is 330 g/mol. The van der Waals surface area contributed by atoms with Gasteiger partial charge in [-0.25, -0.2) is 9.97 Å². The van der Waals surface area contributed by atoms with Crippen molar-refractivity contribution in [3.63, 3.8) is 0 Å². The van der Waals surface area contributed by atoms with Crippen LogP contribution in [0.25, 0.3) is 33.1 Å². The van der Waals surface area contributed by atoms with E-state index in [2.05, 4.69) is 43.2 Å². The van der Waals surface area contributed by atoms with Gasteiger partial charge < -0.3 is 15.6 Å². The number of anilines is 1. The number of pyridine rings is 1. The summed E-state index contributed by atoms with van der Waals surface area (Å²) in [7, 11) is 0. The number of nitrogens with zero attached hydrogens (tertiary/aromatic N) is 4. The Balaban J connectivity index is 1.76. The van der Waals surface area contributed by atoms with Crippen LogP contribution in [0.1, 0.15) is 12.5 Å². The molecule has 3 aromatic heterocycles. The van der Waals surface area contributed by atoms with Gasteiger partial charge in [0, 0.05) is 41.5 Å². The molecule has 1 aliphatic rings. The summed E-state index contributed by atoms with van der Waals surface area (Å²) in [5, 5.41) is 5.43. The van der Waals surface area contributed by atoms with E-state index < -0.39 is 0 Å². The number of benzene rings is 1. The van der Waals surface area contributed by atoms with E-state index in [0.717, 1.165) is 52.6 Å². The summed E-state index contributed by atoms with van der Waals surface area (Å²) in [6, 6.07) is 10.7. The molecule has 3 N–H and O–H groups in total. The van der Waals surface area contributed by atoms with Crippen molar-refractivity contribution in [3.05, 3.63) is 49.1 Å². The summed E-state index contributed by atoms with van der Waals surface area (Å²) in [5.41, 5.74) is 10.2. The minimum absolute atomic E-state index is 0.388. The van der Waals surface area contributed by atoms with E-state index >= 15 is 0 Å². The normalized spacial score (nSPS) is 17.5. The number of hydrogen-bond donors (Lipinski definition) is 2. The molecule has 0 spiro atoms. The largest absolute Gasteiger partial charge is 0.383 e.